The topological polar surface area (TPSA) is 122 Å². The van der Waals surface area contributed by atoms with Gasteiger partial charge in [0.2, 0.25) is 20.0 Å². The van der Waals surface area contributed by atoms with E-state index in [0.717, 1.165) is 19.3 Å². The van der Waals surface area contributed by atoms with Gasteiger partial charge >= 0.3 is 0 Å². The number of ether oxygens (including phenoxy) is 1. The van der Waals surface area contributed by atoms with Gasteiger partial charge in [-0.15, -0.1) is 0 Å². The maximum Gasteiger partial charge on any atom is 0.251 e. The van der Waals surface area contributed by atoms with Crippen LogP contribution in [0.2, 0.25) is 0 Å². The lowest BCUT2D eigenvalue weighted by molar-refractivity contribution is 0.0947. The largest absolute Gasteiger partial charge is 0.492 e. The van der Waals surface area contributed by atoms with Crippen LogP contribution in [0.1, 0.15) is 36.5 Å². The number of hydrogen-bond acceptors (Lipinski definition) is 6. The fourth-order valence-electron chi connectivity index (χ4n) is 3.34. The molecule has 1 heterocycles. The molecule has 2 N–H and O–H groups in total. The van der Waals surface area contributed by atoms with Gasteiger partial charge < -0.3 is 10.1 Å². The third kappa shape index (κ3) is 6.92. The van der Waals surface area contributed by atoms with Gasteiger partial charge in [0.1, 0.15) is 12.4 Å². The van der Waals surface area contributed by atoms with E-state index in [0.29, 0.717) is 30.1 Å². The number of carbonyl (C=O) groups is 1. The molecule has 3 rings (SSSR count). The lowest BCUT2D eigenvalue weighted by Crippen LogP contribution is -2.35. The van der Waals surface area contributed by atoms with Crippen LogP contribution in [0.4, 0.5) is 5.69 Å². The van der Waals surface area contributed by atoms with Crippen molar-refractivity contribution in [2.75, 3.05) is 36.7 Å². The van der Waals surface area contributed by atoms with Crippen molar-refractivity contribution < 1.29 is 26.4 Å². The second-order valence-electron chi connectivity index (χ2n) is 7.62. The molecule has 9 nitrogen and oxygen atoms in total. The number of sulfonamides is 2. The molecule has 1 fully saturated rings. The Morgan fingerprint density at radius 2 is 1.58 bits per heavy atom. The van der Waals surface area contributed by atoms with Crippen molar-refractivity contribution >= 4 is 31.6 Å². The zero-order chi connectivity index (χ0) is 23.9. The maximum atomic E-state index is 12.7. The first-order chi connectivity index (χ1) is 15.7. The number of anilines is 1. The van der Waals surface area contributed by atoms with Crippen LogP contribution in [0.5, 0.6) is 5.75 Å². The summed E-state index contributed by atoms with van der Waals surface area (Å²) in [6.45, 7) is 3.10. The van der Waals surface area contributed by atoms with Crippen LogP contribution < -0.4 is 14.8 Å². The van der Waals surface area contributed by atoms with E-state index in [1.54, 1.807) is 12.1 Å². The van der Waals surface area contributed by atoms with E-state index in [4.69, 9.17) is 4.74 Å². The molecule has 1 amide bonds. The van der Waals surface area contributed by atoms with Gasteiger partial charge in [0, 0.05) is 24.3 Å². The summed E-state index contributed by atoms with van der Waals surface area (Å²) in [6, 6.07) is 12.4. The second-order valence-corrected chi connectivity index (χ2v) is 11.6. The first-order valence-corrected chi connectivity index (χ1v) is 13.9. The highest BCUT2D eigenvalue weighted by molar-refractivity contribution is 7.92. The summed E-state index contributed by atoms with van der Waals surface area (Å²) in [5.74, 6) is 0.160. The van der Waals surface area contributed by atoms with Gasteiger partial charge in [0.25, 0.3) is 5.91 Å². The Kier molecular flexibility index (Phi) is 8.33. The minimum absolute atomic E-state index is 0.0355. The Bertz CT molecular complexity index is 1140. The van der Waals surface area contributed by atoms with Crippen LogP contribution in [0, 0.1) is 0 Å². The summed E-state index contributed by atoms with van der Waals surface area (Å²) < 4.78 is 58.0. The minimum atomic E-state index is -3.48. The Labute approximate surface area is 195 Å². The van der Waals surface area contributed by atoms with E-state index >= 15 is 0 Å². The van der Waals surface area contributed by atoms with Crippen molar-refractivity contribution in [3.05, 3.63) is 54.1 Å². The quantitative estimate of drug-likeness (QED) is 0.488. The van der Waals surface area contributed by atoms with Gasteiger partial charge in [-0.25, -0.2) is 16.8 Å². The van der Waals surface area contributed by atoms with Gasteiger partial charge in [-0.1, -0.05) is 6.42 Å². The molecular weight excluding hydrogens is 466 g/mol. The predicted molar refractivity (Wildman–Crippen MR) is 126 cm³/mol. The molecule has 1 saturated heterocycles. The average Bonchev–Trinajstić information content (AvgIpc) is 2.83. The fraction of sp³-hybridized carbons (Fsp3) is 0.409. The smallest absolute Gasteiger partial charge is 0.251 e. The monoisotopic (exact) mass is 495 g/mol. The number of carbonyl (C=O) groups excluding carboxylic acids is 1. The molecule has 2 aromatic carbocycles. The molecular formula is C22H29N3O6S2. The normalized spacial score (nSPS) is 15.1. The van der Waals surface area contributed by atoms with Gasteiger partial charge in [0.15, 0.2) is 0 Å². The first-order valence-electron chi connectivity index (χ1n) is 10.8. The summed E-state index contributed by atoms with van der Waals surface area (Å²) in [5, 5.41) is 2.72. The van der Waals surface area contributed by atoms with E-state index in [9.17, 15) is 21.6 Å². The van der Waals surface area contributed by atoms with Crippen LogP contribution in [-0.4, -0.2) is 59.0 Å². The van der Waals surface area contributed by atoms with Crippen molar-refractivity contribution in [1.82, 2.24) is 9.62 Å². The number of rotatable bonds is 10. The molecule has 2 aromatic rings. The minimum Gasteiger partial charge on any atom is -0.492 e. The number of piperidine rings is 1. The molecule has 180 valence electrons. The molecule has 0 spiro atoms. The summed E-state index contributed by atoms with van der Waals surface area (Å²) in [4.78, 5) is 12.5. The van der Waals surface area contributed by atoms with Gasteiger partial charge in [0.05, 0.1) is 17.2 Å². The number of amides is 1. The lowest BCUT2D eigenvalue weighted by Gasteiger charge is -2.25. The summed E-state index contributed by atoms with van der Waals surface area (Å²) in [6.07, 6.45) is 2.82. The summed E-state index contributed by atoms with van der Waals surface area (Å²) in [5.41, 5.74) is 0.782. The highest BCUT2D eigenvalue weighted by atomic mass is 32.2. The van der Waals surface area contributed by atoms with Crippen molar-refractivity contribution in [2.45, 2.75) is 31.1 Å². The number of benzene rings is 2. The third-order valence-electron chi connectivity index (χ3n) is 5.23. The van der Waals surface area contributed by atoms with Crippen LogP contribution in [0.3, 0.4) is 0 Å². The zero-order valence-electron chi connectivity index (χ0n) is 18.5. The first kappa shape index (κ1) is 25.0. The van der Waals surface area contributed by atoms with Crippen molar-refractivity contribution in [3.8, 4) is 5.75 Å². The third-order valence-corrected chi connectivity index (χ3v) is 8.45. The Hall–Kier alpha value is -2.63. The van der Waals surface area contributed by atoms with Crippen molar-refractivity contribution in [2.24, 2.45) is 0 Å². The summed E-state index contributed by atoms with van der Waals surface area (Å²) in [7, 11) is -6.85. The predicted octanol–water partition coefficient (Wildman–Crippen LogP) is 2.43. The molecule has 0 atom stereocenters. The molecule has 0 bridgehead atoms. The van der Waals surface area contributed by atoms with Crippen molar-refractivity contribution in [3.63, 3.8) is 0 Å². The SMILES string of the molecule is CCS(=O)(=O)Nc1ccc(C(=O)NCCOc2ccc(S(=O)(=O)N3CCCCC3)cc2)cc1. The van der Waals surface area contributed by atoms with Crippen LogP contribution in [0.25, 0.3) is 0 Å². The number of hydrogen-bond donors (Lipinski definition) is 2. The molecule has 1 aliphatic heterocycles. The number of nitrogens with one attached hydrogen (secondary N) is 2. The maximum absolute atomic E-state index is 12.7. The molecule has 0 aliphatic carbocycles. The molecule has 0 unspecified atom stereocenters. The molecule has 33 heavy (non-hydrogen) atoms. The summed E-state index contributed by atoms with van der Waals surface area (Å²) >= 11 is 0. The second kappa shape index (κ2) is 11.0. The molecule has 11 heteroatoms. The van der Waals surface area contributed by atoms with Crippen LogP contribution >= 0.6 is 0 Å². The average molecular weight is 496 g/mol. The van der Waals surface area contributed by atoms with Gasteiger partial charge in [-0.05, 0) is 68.3 Å². The van der Waals surface area contributed by atoms with Crippen molar-refractivity contribution in [1.29, 1.82) is 0 Å². The van der Waals surface area contributed by atoms with Gasteiger partial charge in [-0.2, -0.15) is 4.31 Å². The van der Waals surface area contributed by atoms with E-state index in [-0.39, 0.29) is 29.7 Å². The van der Waals surface area contributed by atoms with Crippen LogP contribution in [-0.2, 0) is 20.0 Å². The van der Waals surface area contributed by atoms with E-state index < -0.39 is 20.0 Å². The van der Waals surface area contributed by atoms with E-state index in [1.807, 2.05) is 0 Å². The lowest BCUT2D eigenvalue weighted by atomic mass is 10.2. The molecule has 0 saturated carbocycles. The standard InChI is InChI=1S/C22H29N3O6S2/c1-2-32(27,28)24-19-8-6-18(7-9-19)22(26)23-14-17-31-20-10-12-21(13-11-20)33(29,30)25-15-4-3-5-16-25/h6-13,24H,2-5,14-17H2,1H3,(H,23,26). The Morgan fingerprint density at radius 1 is 0.939 bits per heavy atom. The highest BCUT2D eigenvalue weighted by Gasteiger charge is 2.25. The van der Waals surface area contributed by atoms with E-state index in [2.05, 4.69) is 10.0 Å². The zero-order valence-corrected chi connectivity index (χ0v) is 20.1. The highest BCUT2D eigenvalue weighted by Crippen LogP contribution is 2.22. The molecule has 1 aliphatic rings. The molecule has 0 radical (unpaired) electrons. The van der Waals surface area contributed by atoms with E-state index in [1.165, 1.54) is 47.6 Å². The van der Waals surface area contributed by atoms with Crippen LogP contribution in [0.15, 0.2) is 53.4 Å². The Morgan fingerprint density at radius 3 is 2.18 bits per heavy atom. The fourth-order valence-corrected chi connectivity index (χ4v) is 5.50. The van der Waals surface area contributed by atoms with Gasteiger partial charge in [-0.3, -0.25) is 9.52 Å². The molecule has 0 aromatic heterocycles. The Balaban J connectivity index is 1.45. The number of nitrogens with zero attached hydrogens (tertiary/aromatic N) is 1.